The summed E-state index contributed by atoms with van der Waals surface area (Å²) < 4.78 is 0. The predicted molar refractivity (Wildman–Crippen MR) is 34.7 cm³/mol. The van der Waals surface area contributed by atoms with E-state index in [1.54, 1.807) is 6.92 Å². The lowest BCUT2D eigenvalue weighted by Gasteiger charge is -2.18. The fourth-order valence-corrected chi connectivity index (χ4v) is 0.166. The summed E-state index contributed by atoms with van der Waals surface area (Å²) in [7, 11) is 0. The number of nitrogens with two attached hydrogens (primary N) is 1. The molecule has 0 saturated heterocycles. The van der Waals surface area contributed by atoms with E-state index < -0.39 is 11.6 Å². The molecule has 0 aromatic carbocycles. The highest BCUT2D eigenvalue weighted by Crippen LogP contribution is 2.10. The predicted octanol–water partition coefficient (Wildman–Crippen LogP) is 0.389. The van der Waals surface area contributed by atoms with E-state index in [2.05, 4.69) is 0 Å². The molecular formula is C5H12N2O2. The zero-order valence-electron chi connectivity index (χ0n) is 5.92. The maximum atomic E-state index is 10.2. The SMILES string of the molecule is CC(N)C(C)(C)[N+](=O)[O-]. The Morgan fingerprint density at radius 1 is 1.67 bits per heavy atom. The second-order valence-corrected chi connectivity index (χ2v) is 2.70. The van der Waals surface area contributed by atoms with Crippen LogP contribution in [0.5, 0.6) is 0 Å². The Morgan fingerprint density at radius 3 is 2.00 bits per heavy atom. The molecule has 0 aliphatic carbocycles. The summed E-state index contributed by atoms with van der Waals surface area (Å²) in [6.07, 6.45) is 0. The molecule has 0 amide bonds. The summed E-state index contributed by atoms with van der Waals surface area (Å²) in [6.45, 7) is 4.65. The largest absolute Gasteiger partial charge is 0.322 e. The molecule has 0 fully saturated rings. The number of hydrogen-bond donors (Lipinski definition) is 1. The van der Waals surface area contributed by atoms with Crippen LogP contribution in [0.2, 0.25) is 0 Å². The molecule has 1 unspecified atom stereocenters. The minimum atomic E-state index is -1.00. The number of hydrogen-bond acceptors (Lipinski definition) is 3. The van der Waals surface area contributed by atoms with Crippen LogP contribution in [0.3, 0.4) is 0 Å². The quantitative estimate of drug-likeness (QED) is 0.436. The molecule has 2 N–H and O–H groups in total. The van der Waals surface area contributed by atoms with Gasteiger partial charge in [0.15, 0.2) is 0 Å². The van der Waals surface area contributed by atoms with Crippen molar-refractivity contribution in [1.82, 2.24) is 0 Å². The van der Waals surface area contributed by atoms with Crippen molar-refractivity contribution in [3.8, 4) is 0 Å². The highest BCUT2D eigenvalue weighted by molar-refractivity contribution is 4.76. The topological polar surface area (TPSA) is 69.2 Å². The summed E-state index contributed by atoms with van der Waals surface area (Å²) in [5, 5.41) is 10.2. The molecule has 0 spiro atoms. The molecule has 0 radical (unpaired) electrons. The Balaban J connectivity index is 4.19. The van der Waals surface area contributed by atoms with E-state index in [-0.39, 0.29) is 4.92 Å². The van der Waals surface area contributed by atoms with Gasteiger partial charge in [0.05, 0.1) is 6.04 Å². The van der Waals surface area contributed by atoms with Crippen molar-refractivity contribution in [3.63, 3.8) is 0 Å². The first kappa shape index (κ1) is 8.36. The third-order valence-electron chi connectivity index (χ3n) is 1.58. The summed E-state index contributed by atoms with van der Waals surface area (Å²) in [6, 6.07) is -0.410. The molecule has 0 aliphatic rings. The number of nitro groups is 1. The van der Waals surface area contributed by atoms with E-state index in [0.717, 1.165) is 0 Å². The fraction of sp³-hybridized carbons (Fsp3) is 1.00. The highest BCUT2D eigenvalue weighted by Gasteiger charge is 2.34. The van der Waals surface area contributed by atoms with Crippen molar-refractivity contribution in [2.24, 2.45) is 5.73 Å². The Morgan fingerprint density at radius 2 is 2.00 bits per heavy atom. The fourth-order valence-electron chi connectivity index (χ4n) is 0.166. The van der Waals surface area contributed by atoms with Gasteiger partial charge in [-0.3, -0.25) is 10.1 Å². The summed E-state index contributed by atoms with van der Waals surface area (Å²) in [5.74, 6) is 0. The van der Waals surface area contributed by atoms with Crippen LogP contribution in [-0.2, 0) is 0 Å². The highest BCUT2D eigenvalue weighted by atomic mass is 16.6. The number of rotatable bonds is 2. The molecule has 1 atom stereocenters. The second kappa shape index (κ2) is 2.31. The van der Waals surface area contributed by atoms with Gasteiger partial charge in [0.2, 0.25) is 5.54 Å². The molecule has 9 heavy (non-hydrogen) atoms. The molecule has 0 aromatic heterocycles. The van der Waals surface area contributed by atoms with Gasteiger partial charge in [-0.2, -0.15) is 0 Å². The van der Waals surface area contributed by atoms with Gasteiger partial charge in [-0.1, -0.05) is 0 Å². The normalized spacial score (nSPS) is 15.1. The summed E-state index contributed by atoms with van der Waals surface area (Å²) in [4.78, 5) is 9.82. The van der Waals surface area contributed by atoms with Crippen LogP contribution in [0, 0.1) is 10.1 Å². The number of nitrogens with zero attached hydrogens (tertiary/aromatic N) is 1. The molecule has 4 heteroatoms. The Bertz CT molecular complexity index is 120. The monoisotopic (exact) mass is 132 g/mol. The standard InChI is InChI=1S/C5H12N2O2/c1-4(6)5(2,3)7(8)9/h4H,6H2,1-3H3. The van der Waals surface area contributed by atoms with Gasteiger partial charge in [-0.15, -0.1) is 0 Å². The molecule has 0 aliphatic heterocycles. The van der Waals surface area contributed by atoms with E-state index in [1.165, 1.54) is 13.8 Å². The van der Waals surface area contributed by atoms with Gasteiger partial charge >= 0.3 is 0 Å². The van der Waals surface area contributed by atoms with Gasteiger partial charge in [0.1, 0.15) is 0 Å². The van der Waals surface area contributed by atoms with E-state index in [1.807, 2.05) is 0 Å². The van der Waals surface area contributed by atoms with E-state index in [9.17, 15) is 10.1 Å². The summed E-state index contributed by atoms with van der Waals surface area (Å²) >= 11 is 0. The van der Waals surface area contributed by atoms with Crippen LogP contribution in [0.25, 0.3) is 0 Å². The first-order chi connectivity index (χ1) is 3.89. The zero-order chi connectivity index (χ0) is 7.65. The maximum absolute atomic E-state index is 10.2. The van der Waals surface area contributed by atoms with E-state index in [4.69, 9.17) is 5.73 Å². The molecule has 0 bridgehead atoms. The van der Waals surface area contributed by atoms with Gasteiger partial charge in [-0.25, -0.2) is 0 Å². The second-order valence-electron chi connectivity index (χ2n) is 2.70. The lowest BCUT2D eigenvalue weighted by atomic mass is 9.98. The Hall–Kier alpha value is -0.640. The summed E-state index contributed by atoms with van der Waals surface area (Å²) in [5.41, 5.74) is 4.33. The van der Waals surface area contributed by atoms with Gasteiger partial charge in [0.25, 0.3) is 0 Å². The molecule has 0 saturated carbocycles. The van der Waals surface area contributed by atoms with Crippen LogP contribution >= 0.6 is 0 Å². The zero-order valence-corrected chi connectivity index (χ0v) is 5.92. The smallest absolute Gasteiger partial charge is 0.231 e. The van der Waals surface area contributed by atoms with Gasteiger partial charge < -0.3 is 5.73 Å². The third-order valence-corrected chi connectivity index (χ3v) is 1.58. The van der Waals surface area contributed by atoms with Crippen molar-refractivity contribution in [2.45, 2.75) is 32.4 Å². The molecule has 0 aromatic rings. The molecule has 0 rings (SSSR count). The Kier molecular flexibility index (Phi) is 2.14. The van der Waals surface area contributed by atoms with E-state index >= 15 is 0 Å². The molecule has 4 nitrogen and oxygen atoms in total. The first-order valence-corrected chi connectivity index (χ1v) is 2.79. The minimum Gasteiger partial charge on any atom is -0.322 e. The van der Waals surface area contributed by atoms with Crippen LogP contribution < -0.4 is 5.73 Å². The van der Waals surface area contributed by atoms with Crippen LogP contribution in [0.15, 0.2) is 0 Å². The molecular weight excluding hydrogens is 120 g/mol. The lowest BCUT2D eigenvalue weighted by Crippen LogP contribution is -2.47. The van der Waals surface area contributed by atoms with Crippen molar-refractivity contribution >= 4 is 0 Å². The van der Waals surface area contributed by atoms with Crippen molar-refractivity contribution in [3.05, 3.63) is 10.1 Å². The van der Waals surface area contributed by atoms with Crippen LogP contribution in [-0.4, -0.2) is 16.5 Å². The van der Waals surface area contributed by atoms with Crippen molar-refractivity contribution in [2.75, 3.05) is 0 Å². The maximum Gasteiger partial charge on any atom is 0.231 e. The molecule has 0 heterocycles. The van der Waals surface area contributed by atoms with Gasteiger partial charge in [-0.05, 0) is 6.92 Å². The van der Waals surface area contributed by atoms with Crippen LogP contribution in [0.4, 0.5) is 0 Å². The lowest BCUT2D eigenvalue weighted by molar-refractivity contribution is -0.563. The minimum absolute atomic E-state index is 0.363. The van der Waals surface area contributed by atoms with Crippen molar-refractivity contribution < 1.29 is 4.92 Å². The van der Waals surface area contributed by atoms with E-state index in [0.29, 0.717) is 0 Å². The van der Waals surface area contributed by atoms with Crippen molar-refractivity contribution in [1.29, 1.82) is 0 Å². The van der Waals surface area contributed by atoms with Gasteiger partial charge in [0, 0.05) is 18.8 Å². The average Bonchev–Trinajstić information content (AvgIpc) is 1.65. The molecule has 54 valence electrons. The third kappa shape index (κ3) is 1.64. The Labute approximate surface area is 54.2 Å². The average molecular weight is 132 g/mol. The van der Waals surface area contributed by atoms with Crippen LogP contribution in [0.1, 0.15) is 20.8 Å². The first-order valence-electron chi connectivity index (χ1n) is 2.79.